The molecule has 0 saturated carbocycles. The topological polar surface area (TPSA) is 3.24 Å². The van der Waals surface area contributed by atoms with Crippen LogP contribution in [0.1, 0.15) is 43.4 Å². The van der Waals surface area contributed by atoms with Crippen LogP contribution < -0.4 is 4.90 Å². The van der Waals surface area contributed by atoms with Gasteiger partial charge in [0.15, 0.2) is 0 Å². The normalized spacial score (nSPS) is 12.7. The molecule has 0 radical (unpaired) electrons. The minimum absolute atomic E-state index is 0.0666. The third-order valence-electron chi connectivity index (χ3n) is 11.6. The van der Waals surface area contributed by atoms with Gasteiger partial charge in [0.2, 0.25) is 0 Å². The third-order valence-corrected chi connectivity index (χ3v) is 11.6. The molecular weight excluding hydrogens is 639 g/mol. The van der Waals surface area contributed by atoms with Gasteiger partial charge in [-0.05, 0) is 106 Å². The van der Waals surface area contributed by atoms with Crippen LogP contribution in [0.4, 0.5) is 17.1 Å². The quantitative estimate of drug-likeness (QED) is 0.154. The molecule has 1 aliphatic rings. The Bertz CT molecular complexity index is 2590. The van der Waals surface area contributed by atoms with Crippen molar-refractivity contribution in [3.8, 4) is 44.5 Å². The fraction of sp³-hybridized carbons (Fsp3) is 0.115. The molecule has 1 nitrogen and oxygen atoms in total. The van der Waals surface area contributed by atoms with Crippen molar-refractivity contribution in [1.82, 2.24) is 0 Å². The van der Waals surface area contributed by atoms with Crippen molar-refractivity contribution in [2.75, 3.05) is 4.90 Å². The van der Waals surface area contributed by atoms with Crippen molar-refractivity contribution in [3.63, 3.8) is 0 Å². The Morgan fingerprint density at radius 1 is 0.453 bits per heavy atom. The van der Waals surface area contributed by atoms with Crippen LogP contribution in [0.15, 0.2) is 182 Å². The highest BCUT2D eigenvalue weighted by Gasteiger charge is 2.43. The van der Waals surface area contributed by atoms with E-state index in [1.165, 1.54) is 77.7 Å². The molecule has 9 rings (SSSR count). The lowest BCUT2D eigenvalue weighted by Crippen LogP contribution is -2.23. The maximum absolute atomic E-state index is 2.58. The smallest absolute Gasteiger partial charge is 0.0621 e. The Hall–Kier alpha value is -6.18. The molecule has 1 aliphatic carbocycles. The maximum Gasteiger partial charge on any atom is 0.0621 e. The third kappa shape index (κ3) is 5.39. The van der Waals surface area contributed by atoms with E-state index in [0.717, 1.165) is 24.2 Å². The van der Waals surface area contributed by atoms with Gasteiger partial charge in [-0.15, -0.1) is 0 Å². The summed E-state index contributed by atoms with van der Waals surface area (Å²) in [5.41, 5.74) is 17.5. The van der Waals surface area contributed by atoms with Gasteiger partial charge in [-0.2, -0.15) is 0 Å². The van der Waals surface area contributed by atoms with Crippen LogP contribution in [0, 0.1) is 6.92 Å². The largest absolute Gasteiger partial charge is 0.309 e. The van der Waals surface area contributed by atoms with Crippen LogP contribution in [-0.4, -0.2) is 0 Å². The Kier molecular flexibility index (Phi) is 8.28. The fourth-order valence-corrected chi connectivity index (χ4v) is 8.99. The van der Waals surface area contributed by atoms with E-state index in [1.54, 1.807) is 0 Å². The summed E-state index contributed by atoms with van der Waals surface area (Å²) in [4.78, 5) is 2.58. The molecular formula is C52H43N. The van der Waals surface area contributed by atoms with E-state index in [1.807, 2.05) is 0 Å². The van der Waals surface area contributed by atoms with Crippen LogP contribution in [0.5, 0.6) is 0 Å². The molecule has 0 aromatic heterocycles. The molecule has 0 amide bonds. The Labute approximate surface area is 313 Å². The van der Waals surface area contributed by atoms with Gasteiger partial charge in [0.05, 0.1) is 11.4 Å². The molecule has 8 aromatic carbocycles. The monoisotopic (exact) mass is 681 g/mol. The molecule has 0 saturated heterocycles. The molecule has 256 valence electrons. The second kappa shape index (κ2) is 13.4. The van der Waals surface area contributed by atoms with Gasteiger partial charge in [-0.1, -0.05) is 166 Å². The highest BCUT2D eigenvalue weighted by atomic mass is 15.2. The first-order chi connectivity index (χ1) is 26.1. The van der Waals surface area contributed by atoms with Gasteiger partial charge in [0.25, 0.3) is 0 Å². The van der Waals surface area contributed by atoms with E-state index in [2.05, 4.69) is 208 Å². The number of benzene rings is 8. The van der Waals surface area contributed by atoms with Crippen molar-refractivity contribution in [2.24, 2.45) is 0 Å². The molecule has 0 unspecified atom stereocenters. The van der Waals surface area contributed by atoms with Crippen LogP contribution in [-0.2, 0) is 5.41 Å². The second-order valence-electron chi connectivity index (χ2n) is 14.4. The van der Waals surface area contributed by atoms with Crippen LogP contribution in [0.2, 0.25) is 0 Å². The predicted octanol–water partition coefficient (Wildman–Crippen LogP) is 14.7. The van der Waals surface area contributed by atoms with E-state index >= 15 is 0 Å². The average Bonchev–Trinajstić information content (AvgIpc) is 3.50. The first kappa shape index (κ1) is 32.7. The van der Waals surface area contributed by atoms with E-state index in [0.29, 0.717) is 0 Å². The molecule has 0 atom stereocenters. The molecule has 8 aromatic rings. The lowest BCUT2D eigenvalue weighted by atomic mass is 9.73. The first-order valence-electron chi connectivity index (χ1n) is 19.0. The summed E-state index contributed by atoms with van der Waals surface area (Å²) >= 11 is 0. The van der Waals surface area contributed by atoms with Crippen molar-refractivity contribution in [2.45, 2.75) is 39.0 Å². The number of anilines is 3. The first-order valence-corrected chi connectivity index (χ1v) is 19.0. The zero-order valence-electron chi connectivity index (χ0n) is 30.7. The zero-order chi connectivity index (χ0) is 35.9. The molecule has 0 fully saturated rings. The van der Waals surface area contributed by atoms with Crippen LogP contribution in [0.25, 0.3) is 55.3 Å². The van der Waals surface area contributed by atoms with E-state index in [-0.39, 0.29) is 5.41 Å². The number of nitrogens with zero attached hydrogens (tertiary/aromatic N) is 1. The number of fused-ring (bicyclic) bond motifs is 4. The molecule has 0 spiro atoms. The van der Waals surface area contributed by atoms with Gasteiger partial charge in [-0.25, -0.2) is 0 Å². The molecule has 1 heteroatoms. The van der Waals surface area contributed by atoms with Crippen molar-refractivity contribution in [3.05, 3.63) is 199 Å². The highest BCUT2D eigenvalue weighted by Crippen LogP contribution is 2.59. The van der Waals surface area contributed by atoms with E-state index in [4.69, 9.17) is 0 Å². The lowest BCUT2D eigenvalue weighted by Gasteiger charge is -2.34. The number of hydrogen-bond donors (Lipinski definition) is 0. The van der Waals surface area contributed by atoms with Crippen molar-refractivity contribution in [1.29, 1.82) is 0 Å². The molecule has 53 heavy (non-hydrogen) atoms. The van der Waals surface area contributed by atoms with Crippen LogP contribution >= 0.6 is 0 Å². The second-order valence-corrected chi connectivity index (χ2v) is 14.4. The van der Waals surface area contributed by atoms with Crippen LogP contribution in [0.3, 0.4) is 0 Å². The summed E-state index contributed by atoms with van der Waals surface area (Å²) in [5, 5.41) is 2.52. The maximum atomic E-state index is 2.58. The van der Waals surface area contributed by atoms with Crippen molar-refractivity contribution < 1.29 is 0 Å². The highest BCUT2D eigenvalue weighted by molar-refractivity contribution is 6.11. The van der Waals surface area contributed by atoms with Gasteiger partial charge in [-0.3, -0.25) is 0 Å². The average molecular weight is 682 g/mol. The van der Waals surface area contributed by atoms with Gasteiger partial charge in [0.1, 0.15) is 0 Å². The standard InChI is InChI=1S/C52H43N/c1-4-52(5-2)47-30-17-16-29-45(47)50-48(52)35-40-24-12-13-27-43(40)51(50)53(41-25-18-19-36(3)33-41)49-32-31-39(37-20-8-6-9-21-37)34-46(49)44-28-15-14-26-42(44)38-22-10-7-11-23-38/h6-35H,4-5H2,1-3H3. The minimum atomic E-state index is -0.0666. The lowest BCUT2D eigenvalue weighted by molar-refractivity contribution is 0.491. The molecule has 0 N–H and O–H groups in total. The molecule has 0 heterocycles. The zero-order valence-corrected chi connectivity index (χ0v) is 30.7. The number of hydrogen-bond acceptors (Lipinski definition) is 1. The Morgan fingerprint density at radius 2 is 1.09 bits per heavy atom. The van der Waals surface area contributed by atoms with E-state index < -0.39 is 0 Å². The summed E-state index contributed by atoms with van der Waals surface area (Å²) < 4.78 is 0. The van der Waals surface area contributed by atoms with Crippen molar-refractivity contribution >= 4 is 27.8 Å². The summed E-state index contributed by atoms with van der Waals surface area (Å²) in [6.07, 6.45) is 2.08. The van der Waals surface area contributed by atoms with Gasteiger partial charge in [0, 0.05) is 27.6 Å². The van der Waals surface area contributed by atoms with Gasteiger partial charge >= 0.3 is 0 Å². The summed E-state index contributed by atoms with van der Waals surface area (Å²) in [6, 6.07) is 67.3. The number of aryl methyl sites for hydroxylation is 1. The summed E-state index contributed by atoms with van der Waals surface area (Å²) in [5.74, 6) is 0. The Morgan fingerprint density at radius 3 is 1.83 bits per heavy atom. The predicted molar refractivity (Wildman–Crippen MR) is 226 cm³/mol. The Balaban J connectivity index is 1.43. The summed E-state index contributed by atoms with van der Waals surface area (Å²) in [7, 11) is 0. The fourth-order valence-electron chi connectivity index (χ4n) is 8.99. The van der Waals surface area contributed by atoms with Gasteiger partial charge < -0.3 is 4.90 Å². The SMILES string of the molecule is CCC1(CC)c2ccccc2-c2c1cc1ccccc1c2N(c1cccc(C)c1)c1ccc(-c2ccccc2)cc1-c1ccccc1-c1ccccc1. The summed E-state index contributed by atoms with van der Waals surface area (Å²) in [6.45, 7) is 6.93. The molecule has 0 bridgehead atoms. The number of rotatable bonds is 8. The minimum Gasteiger partial charge on any atom is -0.309 e. The molecule has 0 aliphatic heterocycles. The van der Waals surface area contributed by atoms with E-state index in [9.17, 15) is 0 Å².